The van der Waals surface area contributed by atoms with Crippen LogP contribution in [0.5, 0.6) is 0 Å². The van der Waals surface area contributed by atoms with Crippen LogP contribution in [0.3, 0.4) is 0 Å². The van der Waals surface area contributed by atoms with E-state index in [1.54, 1.807) is 12.1 Å². The second-order valence-corrected chi connectivity index (χ2v) is 6.97. The zero-order valence-electron chi connectivity index (χ0n) is 14.8. The van der Waals surface area contributed by atoms with E-state index >= 15 is 0 Å². The largest absolute Gasteiger partial charge is 0.359 e. The van der Waals surface area contributed by atoms with E-state index in [0.29, 0.717) is 0 Å². The molecule has 1 atom stereocenters. The summed E-state index contributed by atoms with van der Waals surface area (Å²) >= 11 is 6.07. The van der Waals surface area contributed by atoms with E-state index in [9.17, 15) is 24.3 Å². The zero-order chi connectivity index (χ0) is 20.4. The van der Waals surface area contributed by atoms with Gasteiger partial charge in [-0.05, 0) is 30.3 Å². The number of carbonyl (C=O) groups excluding carboxylic acids is 4. The molecular weight excluding hydrogens is 386 g/mol. The molecule has 2 aromatic carbocycles. The molecule has 0 aromatic heterocycles. The molecule has 5 amide bonds. The van der Waals surface area contributed by atoms with Crippen molar-refractivity contribution >= 4 is 41.0 Å². The maximum Gasteiger partial charge on any atom is 0.329 e. The first-order valence-corrected chi connectivity index (χ1v) is 8.63. The topological polar surface area (TPSA) is 98.2 Å². The molecule has 0 aliphatic carbocycles. The summed E-state index contributed by atoms with van der Waals surface area (Å²) in [5, 5.41) is 11.4. The van der Waals surface area contributed by atoms with Gasteiger partial charge in [-0.1, -0.05) is 23.7 Å². The van der Waals surface area contributed by atoms with Crippen molar-refractivity contribution in [2.45, 2.75) is 5.72 Å². The number of halogens is 1. The van der Waals surface area contributed by atoms with Crippen LogP contribution in [0.2, 0.25) is 5.02 Å². The highest BCUT2D eigenvalue weighted by atomic mass is 35.5. The minimum absolute atomic E-state index is 0.0265. The van der Waals surface area contributed by atoms with Gasteiger partial charge in [0.1, 0.15) is 0 Å². The number of carbonyl (C=O) groups is 4. The lowest BCUT2D eigenvalue weighted by atomic mass is 9.98. The van der Waals surface area contributed by atoms with Gasteiger partial charge in [0, 0.05) is 24.7 Å². The first-order chi connectivity index (χ1) is 13.2. The first kappa shape index (κ1) is 18.1. The molecule has 2 aromatic rings. The average molecular weight is 400 g/mol. The maximum absolute atomic E-state index is 12.9. The van der Waals surface area contributed by atoms with E-state index in [1.165, 1.54) is 44.4 Å². The van der Waals surface area contributed by atoms with Gasteiger partial charge in [0.15, 0.2) is 0 Å². The summed E-state index contributed by atoms with van der Waals surface area (Å²) in [5.41, 5.74) is -2.16. The third kappa shape index (κ3) is 2.15. The number of rotatable bonds is 2. The van der Waals surface area contributed by atoms with Crippen molar-refractivity contribution < 1.29 is 24.3 Å². The highest BCUT2D eigenvalue weighted by molar-refractivity contribution is 6.35. The normalized spacial score (nSPS) is 21.8. The number of aliphatic hydroxyl groups is 1. The van der Waals surface area contributed by atoms with Crippen molar-refractivity contribution in [2.24, 2.45) is 0 Å². The van der Waals surface area contributed by atoms with Crippen molar-refractivity contribution in [2.75, 3.05) is 19.0 Å². The molecule has 1 fully saturated rings. The minimum Gasteiger partial charge on any atom is -0.359 e. The van der Waals surface area contributed by atoms with Gasteiger partial charge in [0.25, 0.3) is 23.4 Å². The van der Waals surface area contributed by atoms with Gasteiger partial charge in [0.2, 0.25) is 0 Å². The Morgan fingerprint density at radius 3 is 2.00 bits per heavy atom. The average Bonchev–Trinajstić information content (AvgIpc) is 3.03. The summed E-state index contributed by atoms with van der Waals surface area (Å²) < 4.78 is 0. The molecule has 8 nitrogen and oxygen atoms in total. The lowest BCUT2D eigenvalue weighted by Gasteiger charge is -2.31. The third-order valence-electron chi connectivity index (χ3n) is 5.03. The van der Waals surface area contributed by atoms with Crippen molar-refractivity contribution in [3.63, 3.8) is 0 Å². The lowest BCUT2D eigenvalue weighted by molar-refractivity contribution is -0.152. The number of hydrogen-bond donors (Lipinski definition) is 1. The van der Waals surface area contributed by atoms with Gasteiger partial charge in [-0.3, -0.25) is 24.2 Å². The molecule has 0 radical (unpaired) electrons. The molecule has 1 saturated heterocycles. The number of benzene rings is 2. The molecule has 9 heteroatoms. The monoisotopic (exact) mass is 399 g/mol. The molecule has 0 saturated carbocycles. The van der Waals surface area contributed by atoms with Gasteiger partial charge >= 0.3 is 6.03 Å². The van der Waals surface area contributed by atoms with E-state index in [0.717, 1.165) is 14.7 Å². The van der Waals surface area contributed by atoms with Gasteiger partial charge in [0.05, 0.1) is 16.8 Å². The van der Waals surface area contributed by atoms with Crippen molar-refractivity contribution in [1.29, 1.82) is 0 Å². The molecule has 2 heterocycles. The Bertz CT molecular complexity index is 1050. The number of hydrogen-bond acceptors (Lipinski definition) is 5. The number of amides is 5. The Balaban J connectivity index is 1.93. The number of nitrogens with zero attached hydrogens (tertiary/aromatic N) is 3. The molecule has 28 heavy (non-hydrogen) atoms. The summed E-state index contributed by atoms with van der Waals surface area (Å²) in [6.07, 6.45) is 0. The van der Waals surface area contributed by atoms with Gasteiger partial charge < -0.3 is 5.11 Å². The van der Waals surface area contributed by atoms with Crippen LogP contribution in [0, 0.1) is 0 Å². The predicted octanol–water partition coefficient (Wildman–Crippen LogP) is 1.81. The number of fused-ring (bicyclic) bond motifs is 1. The fourth-order valence-corrected chi connectivity index (χ4v) is 3.69. The molecule has 1 unspecified atom stereocenters. The summed E-state index contributed by atoms with van der Waals surface area (Å²) in [7, 11) is 2.47. The standard InChI is InChI=1S/C19H14ClN3O5/c1-21-17(26)19(28,22(2)18(21)27)13-9-10(20)7-8-14(13)23-15(24)11-5-3-4-6-12(11)16(23)25/h3-9,28H,1-2H3. The van der Waals surface area contributed by atoms with E-state index in [-0.39, 0.29) is 27.4 Å². The molecule has 2 aliphatic rings. The van der Waals surface area contributed by atoms with E-state index in [4.69, 9.17) is 11.6 Å². The fraction of sp³-hybridized carbons (Fsp3) is 0.158. The van der Waals surface area contributed by atoms with E-state index in [1.807, 2.05) is 0 Å². The summed E-state index contributed by atoms with van der Waals surface area (Å²) in [5.74, 6) is -2.11. The van der Waals surface area contributed by atoms with Crippen LogP contribution in [0.25, 0.3) is 0 Å². The van der Waals surface area contributed by atoms with Gasteiger partial charge in [-0.15, -0.1) is 0 Å². The molecule has 0 bridgehead atoms. The first-order valence-electron chi connectivity index (χ1n) is 8.25. The Kier molecular flexibility index (Phi) is 3.81. The number of likely N-dealkylation sites (N-methyl/N-ethyl adjacent to an activating group) is 2. The quantitative estimate of drug-likeness (QED) is 0.613. The second-order valence-electron chi connectivity index (χ2n) is 6.53. The Morgan fingerprint density at radius 2 is 1.50 bits per heavy atom. The molecule has 0 spiro atoms. The van der Waals surface area contributed by atoms with Gasteiger partial charge in [-0.25, -0.2) is 9.69 Å². The molecular formula is C19H14ClN3O5. The van der Waals surface area contributed by atoms with Crippen LogP contribution >= 0.6 is 11.6 Å². The zero-order valence-corrected chi connectivity index (χ0v) is 15.6. The Labute approximate surface area is 164 Å². The third-order valence-corrected chi connectivity index (χ3v) is 5.27. The maximum atomic E-state index is 12.9. The molecule has 4 rings (SSSR count). The molecule has 2 aliphatic heterocycles. The summed E-state index contributed by atoms with van der Waals surface area (Å²) in [6.45, 7) is 0. The van der Waals surface area contributed by atoms with Crippen molar-refractivity contribution in [3.8, 4) is 0 Å². The second kappa shape index (κ2) is 5.88. The highest BCUT2D eigenvalue weighted by Crippen LogP contribution is 2.41. The smallest absolute Gasteiger partial charge is 0.329 e. The SMILES string of the molecule is CN1C(=O)N(C)C(O)(c2cc(Cl)ccc2N2C(=O)c3ccccc3C2=O)C1=O. The van der Waals surface area contributed by atoms with E-state index in [2.05, 4.69) is 0 Å². The Hall–Kier alpha value is -3.23. The van der Waals surface area contributed by atoms with Crippen LogP contribution in [0.1, 0.15) is 26.3 Å². The molecule has 142 valence electrons. The van der Waals surface area contributed by atoms with Crippen LogP contribution in [-0.4, -0.2) is 52.8 Å². The summed E-state index contributed by atoms with van der Waals surface area (Å²) in [4.78, 5) is 53.1. The van der Waals surface area contributed by atoms with Gasteiger partial charge in [-0.2, -0.15) is 0 Å². The highest BCUT2D eigenvalue weighted by Gasteiger charge is 2.57. The number of imide groups is 2. The Morgan fingerprint density at radius 1 is 0.929 bits per heavy atom. The lowest BCUT2D eigenvalue weighted by Crippen LogP contribution is -2.46. The number of anilines is 1. The minimum atomic E-state index is -2.42. The number of urea groups is 1. The predicted molar refractivity (Wildman–Crippen MR) is 98.9 cm³/mol. The van der Waals surface area contributed by atoms with Crippen LogP contribution in [0.15, 0.2) is 42.5 Å². The summed E-state index contributed by atoms with van der Waals surface area (Å²) in [6, 6.07) is 9.62. The van der Waals surface area contributed by atoms with Crippen LogP contribution in [-0.2, 0) is 10.5 Å². The van der Waals surface area contributed by atoms with Crippen molar-refractivity contribution in [1.82, 2.24) is 9.80 Å². The van der Waals surface area contributed by atoms with Crippen molar-refractivity contribution in [3.05, 3.63) is 64.2 Å². The van der Waals surface area contributed by atoms with E-state index < -0.39 is 29.5 Å². The fourth-order valence-electron chi connectivity index (χ4n) is 3.51. The van der Waals surface area contributed by atoms with Crippen LogP contribution in [0.4, 0.5) is 10.5 Å². The van der Waals surface area contributed by atoms with Crippen LogP contribution < -0.4 is 4.90 Å². The molecule has 1 N–H and O–H groups in total.